The number of para-hydroxylation sites is 1. The van der Waals surface area contributed by atoms with Gasteiger partial charge >= 0.3 is 0 Å². The lowest BCUT2D eigenvalue weighted by Crippen LogP contribution is -2.47. The molecule has 2 atom stereocenters. The lowest BCUT2D eigenvalue weighted by atomic mass is 9.95. The Morgan fingerprint density at radius 3 is 2.60 bits per heavy atom. The van der Waals surface area contributed by atoms with Gasteiger partial charge in [0.15, 0.2) is 0 Å². The summed E-state index contributed by atoms with van der Waals surface area (Å²) in [5.41, 5.74) is 3.37. The van der Waals surface area contributed by atoms with Gasteiger partial charge in [-0.15, -0.1) is 11.6 Å². The summed E-state index contributed by atoms with van der Waals surface area (Å²) in [5, 5.41) is 5.52. The summed E-state index contributed by atoms with van der Waals surface area (Å²) in [6.07, 6.45) is 10.5. The monoisotopic (exact) mass is 604 g/mol. The van der Waals surface area contributed by atoms with E-state index in [1.807, 2.05) is 24.3 Å². The van der Waals surface area contributed by atoms with Crippen molar-refractivity contribution in [3.8, 4) is 0 Å². The topological polar surface area (TPSA) is 47.5 Å². The highest BCUT2D eigenvalue weighted by Gasteiger charge is 2.28. The molecule has 2 unspecified atom stereocenters. The molecule has 0 radical (unpaired) electrons. The number of anilines is 1. The molecule has 0 amide bonds. The molecule has 222 valence electrons. The van der Waals surface area contributed by atoms with Gasteiger partial charge < -0.3 is 5.32 Å². The van der Waals surface area contributed by atoms with Gasteiger partial charge in [-0.05, 0) is 61.3 Å². The van der Waals surface area contributed by atoms with Gasteiger partial charge in [0.05, 0.1) is 18.1 Å². The van der Waals surface area contributed by atoms with Crippen LogP contribution in [0.2, 0.25) is 5.02 Å². The predicted octanol–water partition coefficient (Wildman–Crippen LogP) is 6.95. The maximum absolute atomic E-state index is 6.23. The number of nitrogens with one attached hydrogen (secondary N) is 1. The van der Waals surface area contributed by atoms with Crippen molar-refractivity contribution in [3.05, 3.63) is 101 Å². The van der Waals surface area contributed by atoms with E-state index in [2.05, 4.69) is 82.1 Å². The van der Waals surface area contributed by atoms with E-state index in [4.69, 9.17) is 33.2 Å². The second kappa shape index (κ2) is 15.1. The molecule has 2 aromatic carbocycles. The van der Waals surface area contributed by atoms with Gasteiger partial charge in [0, 0.05) is 55.1 Å². The van der Waals surface area contributed by atoms with Gasteiger partial charge in [0.2, 0.25) is 0 Å². The zero-order chi connectivity index (χ0) is 29.3. The first-order chi connectivity index (χ1) is 20.6. The van der Waals surface area contributed by atoms with Crippen LogP contribution in [0.25, 0.3) is 10.9 Å². The van der Waals surface area contributed by atoms with Crippen molar-refractivity contribution in [2.45, 2.75) is 38.4 Å². The number of fused-ring (bicyclic) bond motifs is 1. The fourth-order valence-electron chi connectivity index (χ4n) is 6.28. The first kappa shape index (κ1) is 30.7. The fraction of sp³-hybridized carbons (Fsp3) is 0.412. The highest BCUT2D eigenvalue weighted by molar-refractivity contribution is 6.30. The Hall–Kier alpha value is -2.74. The Labute approximate surface area is 260 Å². The molecule has 0 bridgehead atoms. The molecule has 0 spiro atoms. The summed E-state index contributed by atoms with van der Waals surface area (Å²) < 4.78 is 0. The molecule has 1 aromatic heterocycles. The van der Waals surface area contributed by atoms with E-state index >= 15 is 0 Å². The molecule has 2 aliphatic rings. The Balaban J connectivity index is 1.30. The lowest BCUT2D eigenvalue weighted by molar-refractivity contribution is 0.103. The van der Waals surface area contributed by atoms with Gasteiger partial charge in [0.25, 0.3) is 0 Å². The molecule has 5 rings (SSSR count). The van der Waals surface area contributed by atoms with Crippen LogP contribution in [0.5, 0.6) is 0 Å². The number of likely N-dealkylation sites (tertiary alicyclic amines) is 1. The number of piperazine rings is 1. The fourth-order valence-corrected chi connectivity index (χ4v) is 6.50. The van der Waals surface area contributed by atoms with Crippen molar-refractivity contribution >= 4 is 39.9 Å². The van der Waals surface area contributed by atoms with Crippen molar-refractivity contribution < 1.29 is 0 Å². The van der Waals surface area contributed by atoms with E-state index in [1.165, 1.54) is 30.5 Å². The van der Waals surface area contributed by atoms with E-state index in [1.54, 1.807) is 0 Å². The molecule has 6 nitrogen and oxygen atoms in total. The normalized spacial score (nSPS) is 20.0. The molecule has 0 aliphatic carbocycles. The minimum absolute atomic E-state index is 0.0906. The highest BCUT2D eigenvalue weighted by atomic mass is 35.5. The van der Waals surface area contributed by atoms with Crippen molar-refractivity contribution in [3.63, 3.8) is 0 Å². The lowest BCUT2D eigenvalue weighted by Gasteiger charge is -2.40. The zero-order valence-electron chi connectivity index (χ0n) is 24.6. The molecule has 3 heterocycles. The van der Waals surface area contributed by atoms with Crippen LogP contribution in [0.3, 0.4) is 0 Å². The molecular formula is C34H42Cl2N6. The Morgan fingerprint density at radius 2 is 1.86 bits per heavy atom. The van der Waals surface area contributed by atoms with Crippen molar-refractivity contribution in [1.82, 2.24) is 24.7 Å². The van der Waals surface area contributed by atoms with Crippen LogP contribution in [-0.2, 0) is 6.54 Å². The Bertz CT molecular complexity index is 1380. The molecule has 1 N–H and O–H groups in total. The molecule has 2 aliphatic heterocycles. The summed E-state index contributed by atoms with van der Waals surface area (Å²) in [5.74, 6) is 2.29. The molecule has 3 aromatic rings. The number of nitrogens with zero attached hydrogens (tertiary/aromatic N) is 5. The average Bonchev–Trinajstić information content (AvgIpc) is 3.48. The molecule has 42 heavy (non-hydrogen) atoms. The van der Waals surface area contributed by atoms with Gasteiger partial charge in [-0.3, -0.25) is 14.7 Å². The molecule has 2 saturated heterocycles. The van der Waals surface area contributed by atoms with E-state index < -0.39 is 0 Å². The van der Waals surface area contributed by atoms with Gasteiger partial charge in [-0.1, -0.05) is 73.7 Å². The SMILES string of the molecule is C=C/C=C(\C=C/CCl)C(c1ccc(Cl)cc1)N1CCN(Cc2nc(NCC3CCCN3CC)c3ccccc3n2)CC1. The van der Waals surface area contributed by atoms with Crippen LogP contribution >= 0.6 is 23.2 Å². The number of halogens is 2. The third-order valence-electron chi connectivity index (χ3n) is 8.41. The molecule has 2 fully saturated rings. The minimum Gasteiger partial charge on any atom is -0.368 e. The number of alkyl halides is 1. The number of benzene rings is 2. The third-order valence-corrected chi connectivity index (χ3v) is 8.84. The van der Waals surface area contributed by atoms with Crippen molar-refractivity contribution in [2.75, 3.05) is 57.0 Å². The van der Waals surface area contributed by atoms with E-state index in [9.17, 15) is 0 Å². The van der Waals surface area contributed by atoms with Crippen LogP contribution in [-0.4, -0.2) is 82.4 Å². The summed E-state index contributed by atoms with van der Waals surface area (Å²) in [7, 11) is 0. The van der Waals surface area contributed by atoms with Crippen molar-refractivity contribution in [1.29, 1.82) is 0 Å². The molecular weight excluding hydrogens is 563 g/mol. The summed E-state index contributed by atoms with van der Waals surface area (Å²) in [6, 6.07) is 17.2. The summed E-state index contributed by atoms with van der Waals surface area (Å²) >= 11 is 12.3. The number of rotatable bonds is 12. The van der Waals surface area contributed by atoms with Crippen LogP contribution in [0.4, 0.5) is 5.82 Å². The number of allylic oxidation sites excluding steroid dienone is 3. The molecule has 8 heteroatoms. The number of aromatic nitrogens is 2. The van der Waals surface area contributed by atoms with E-state index in [0.29, 0.717) is 11.9 Å². The molecule has 0 saturated carbocycles. The first-order valence-electron chi connectivity index (χ1n) is 15.1. The van der Waals surface area contributed by atoms with Crippen molar-refractivity contribution in [2.24, 2.45) is 0 Å². The maximum atomic E-state index is 6.23. The second-order valence-corrected chi connectivity index (χ2v) is 11.8. The van der Waals surface area contributed by atoms with Gasteiger partial charge in [-0.25, -0.2) is 9.97 Å². The minimum atomic E-state index is 0.0906. The summed E-state index contributed by atoms with van der Waals surface area (Å²) in [4.78, 5) is 17.6. The number of hydrogen-bond acceptors (Lipinski definition) is 6. The third kappa shape index (κ3) is 7.61. The van der Waals surface area contributed by atoms with E-state index in [-0.39, 0.29) is 6.04 Å². The largest absolute Gasteiger partial charge is 0.368 e. The van der Waals surface area contributed by atoms with Gasteiger partial charge in [0.1, 0.15) is 11.6 Å². The van der Waals surface area contributed by atoms with Crippen LogP contribution in [0, 0.1) is 0 Å². The summed E-state index contributed by atoms with van der Waals surface area (Å²) in [6.45, 7) is 13.8. The van der Waals surface area contributed by atoms with Gasteiger partial charge in [-0.2, -0.15) is 0 Å². The quantitative estimate of drug-likeness (QED) is 0.178. The maximum Gasteiger partial charge on any atom is 0.145 e. The average molecular weight is 606 g/mol. The van der Waals surface area contributed by atoms with Crippen LogP contribution < -0.4 is 5.32 Å². The van der Waals surface area contributed by atoms with Crippen LogP contribution in [0.15, 0.2) is 85.0 Å². The standard InChI is InChI=1S/C34H42Cl2N6/c1-3-9-26(10-7-18-35)33(27-14-16-28(36)17-15-27)42-22-20-40(21-23-42)25-32-38-31-13-6-5-12-30(31)34(39-32)37-24-29-11-8-19-41(29)4-2/h3,5-7,9-10,12-17,29,33H,1,4,8,11,18-25H2,2H3,(H,37,38,39)/b10-7-,26-9+. The highest BCUT2D eigenvalue weighted by Crippen LogP contribution is 2.32. The second-order valence-electron chi connectivity index (χ2n) is 11.0. The zero-order valence-corrected chi connectivity index (χ0v) is 26.1. The van der Waals surface area contributed by atoms with E-state index in [0.717, 1.165) is 73.4 Å². The number of likely N-dealkylation sites (N-methyl/N-ethyl adjacent to an activating group) is 1. The smallest absolute Gasteiger partial charge is 0.145 e. The predicted molar refractivity (Wildman–Crippen MR) is 177 cm³/mol. The first-order valence-corrected chi connectivity index (χ1v) is 16.0. The van der Waals surface area contributed by atoms with Crippen LogP contribution in [0.1, 0.15) is 37.2 Å². The Morgan fingerprint density at radius 1 is 1.07 bits per heavy atom. The Kier molecular flexibility index (Phi) is 11.1. The number of hydrogen-bond donors (Lipinski definition) is 1.